The number of carbonyl (C=O) groups is 4. The van der Waals surface area contributed by atoms with Crippen molar-refractivity contribution >= 4 is 52.6 Å². The van der Waals surface area contributed by atoms with Crippen LogP contribution in [0.2, 0.25) is 10.0 Å². The predicted molar refractivity (Wildman–Crippen MR) is 138 cm³/mol. The molecule has 192 valence electrons. The summed E-state index contributed by atoms with van der Waals surface area (Å²) in [5, 5.41) is 3.69. The van der Waals surface area contributed by atoms with E-state index < -0.39 is 24.4 Å². The summed E-state index contributed by atoms with van der Waals surface area (Å²) in [4.78, 5) is 47.6. The first-order chi connectivity index (χ1) is 17.8. The molecule has 0 aliphatic rings. The van der Waals surface area contributed by atoms with E-state index in [1.54, 1.807) is 42.5 Å². The van der Waals surface area contributed by atoms with Gasteiger partial charge in [0, 0.05) is 29.1 Å². The fraction of sp³-hybridized carbons (Fsp3) is 0.154. The number of nitrogens with one attached hydrogen (secondary N) is 3. The molecule has 0 spiro atoms. The number of hydrogen-bond donors (Lipinski definition) is 3. The minimum atomic E-state index is -0.713. The number of hydrazine groups is 1. The average Bonchev–Trinajstić information content (AvgIpc) is 2.89. The second-order valence-corrected chi connectivity index (χ2v) is 8.47. The molecule has 9 nitrogen and oxygen atoms in total. The molecular weight excluding hydrogens is 521 g/mol. The summed E-state index contributed by atoms with van der Waals surface area (Å²) in [5.74, 6) is -1.11. The highest BCUT2D eigenvalue weighted by Gasteiger charge is 2.11. The number of halogens is 2. The van der Waals surface area contributed by atoms with Gasteiger partial charge in [-0.1, -0.05) is 35.3 Å². The molecule has 3 N–H and O–H groups in total. The van der Waals surface area contributed by atoms with E-state index in [0.717, 1.165) is 0 Å². The lowest BCUT2D eigenvalue weighted by Crippen LogP contribution is -2.43. The van der Waals surface area contributed by atoms with Crippen LogP contribution < -0.4 is 20.9 Å². The van der Waals surface area contributed by atoms with Gasteiger partial charge in [-0.3, -0.25) is 30.0 Å². The van der Waals surface area contributed by atoms with Crippen molar-refractivity contribution in [3.8, 4) is 11.5 Å². The SMILES string of the molecule is O=C(COC(=O)CCCC(=O)Nc1ccc(Oc2ccccc2Cl)cc1)NNC(=O)c1ccc(Cl)cc1. The number of carbonyl (C=O) groups excluding carboxylic acids is 4. The number of anilines is 1. The summed E-state index contributed by atoms with van der Waals surface area (Å²) >= 11 is 11.8. The van der Waals surface area contributed by atoms with E-state index in [9.17, 15) is 19.2 Å². The number of amides is 3. The Morgan fingerprint density at radius 3 is 2.16 bits per heavy atom. The first-order valence-electron chi connectivity index (χ1n) is 11.1. The topological polar surface area (TPSA) is 123 Å². The van der Waals surface area contributed by atoms with Crippen LogP contribution in [0.1, 0.15) is 29.6 Å². The molecule has 3 aromatic carbocycles. The molecule has 0 aliphatic carbocycles. The van der Waals surface area contributed by atoms with Crippen LogP contribution in [0.5, 0.6) is 11.5 Å². The molecule has 0 fully saturated rings. The lowest BCUT2D eigenvalue weighted by atomic mass is 10.2. The van der Waals surface area contributed by atoms with Gasteiger partial charge in [-0.25, -0.2) is 0 Å². The molecule has 0 saturated carbocycles. The Labute approximate surface area is 223 Å². The third-order valence-corrected chi connectivity index (χ3v) is 5.34. The van der Waals surface area contributed by atoms with Crippen molar-refractivity contribution < 1.29 is 28.7 Å². The Bertz CT molecular complexity index is 1250. The highest BCUT2D eigenvalue weighted by atomic mass is 35.5. The summed E-state index contributed by atoms with van der Waals surface area (Å²) in [6, 6.07) is 19.9. The van der Waals surface area contributed by atoms with Crippen molar-refractivity contribution in [2.75, 3.05) is 11.9 Å². The number of ether oxygens (including phenoxy) is 2. The van der Waals surface area contributed by atoms with Gasteiger partial charge in [-0.2, -0.15) is 0 Å². The molecule has 0 heterocycles. The largest absolute Gasteiger partial charge is 0.456 e. The summed E-state index contributed by atoms with van der Waals surface area (Å²) in [5.41, 5.74) is 5.20. The van der Waals surface area contributed by atoms with Crippen molar-refractivity contribution in [1.82, 2.24) is 10.9 Å². The van der Waals surface area contributed by atoms with Crippen LogP contribution in [-0.2, 0) is 19.1 Å². The van der Waals surface area contributed by atoms with Crippen molar-refractivity contribution in [2.45, 2.75) is 19.3 Å². The van der Waals surface area contributed by atoms with Gasteiger partial charge in [0.2, 0.25) is 5.91 Å². The van der Waals surface area contributed by atoms with Gasteiger partial charge in [-0.05, 0) is 67.1 Å². The Morgan fingerprint density at radius 1 is 0.757 bits per heavy atom. The number of para-hydroxylation sites is 1. The zero-order valence-corrected chi connectivity index (χ0v) is 21.0. The lowest BCUT2D eigenvalue weighted by molar-refractivity contribution is -0.148. The second-order valence-electron chi connectivity index (χ2n) is 7.63. The minimum Gasteiger partial charge on any atom is -0.456 e. The van der Waals surface area contributed by atoms with Gasteiger partial charge in [0.25, 0.3) is 11.8 Å². The van der Waals surface area contributed by atoms with Gasteiger partial charge >= 0.3 is 5.97 Å². The summed E-state index contributed by atoms with van der Waals surface area (Å²) in [6.45, 7) is -0.575. The monoisotopic (exact) mass is 543 g/mol. The summed E-state index contributed by atoms with van der Waals surface area (Å²) < 4.78 is 10.6. The normalized spacial score (nSPS) is 10.2. The van der Waals surface area contributed by atoms with Crippen LogP contribution in [0.3, 0.4) is 0 Å². The first-order valence-corrected chi connectivity index (χ1v) is 11.9. The Balaban J connectivity index is 1.29. The van der Waals surface area contributed by atoms with Gasteiger partial charge in [0.15, 0.2) is 6.61 Å². The standard InChI is InChI=1S/C26H23Cl2N3O6/c27-18-10-8-17(9-11-18)26(35)31-30-24(33)16-36-25(34)7-3-6-23(32)29-19-12-14-20(15-13-19)37-22-5-2-1-4-21(22)28/h1-2,4-5,8-15H,3,6-7,16H2,(H,29,32)(H,30,33)(H,31,35). The van der Waals surface area contributed by atoms with E-state index in [-0.39, 0.29) is 25.2 Å². The molecular formula is C26H23Cl2N3O6. The summed E-state index contributed by atoms with van der Waals surface area (Å²) in [7, 11) is 0. The van der Waals surface area contributed by atoms with Crippen LogP contribution in [-0.4, -0.2) is 30.3 Å². The highest BCUT2D eigenvalue weighted by Crippen LogP contribution is 2.29. The predicted octanol–water partition coefficient (Wildman–Crippen LogP) is 4.90. The van der Waals surface area contributed by atoms with Crippen LogP contribution in [0, 0.1) is 0 Å². The van der Waals surface area contributed by atoms with E-state index in [2.05, 4.69) is 16.2 Å². The molecule has 3 amide bonds. The van der Waals surface area contributed by atoms with Crippen LogP contribution >= 0.6 is 23.2 Å². The smallest absolute Gasteiger partial charge is 0.306 e. The van der Waals surface area contributed by atoms with Gasteiger partial charge in [0.1, 0.15) is 11.5 Å². The second kappa shape index (κ2) is 13.9. The van der Waals surface area contributed by atoms with Crippen molar-refractivity contribution in [1.29, 1.82) is 0 Å². The molecule has 3 rings (SSSR count). The third kappa shape index (κ3) is 9.47. The fourth-order valence-electron chi connectivity index (χ4n) is 2.93. The van der Waals surface area contributed by atoms with Crippen LogP contribution in [0.4, 0.5) is 5.69 Å². The van der Waals surface area contributed by atoms with E-state index in [1.165, 1.54) is 24.3 Å². The van der Waals surface area contributed by atoms with Gasteiger partial charge in [-0.15, -0.1) is 0 Å². The highest BCUT2D eigenvalue weighted by molar-refractivity contribution is 6.32. The average molecular weight is 544 g/mol. The van der Waals surface area contributed by atoms with E-state index >= 15 is 0 Å². The Morgan fingerprint density at radius 2 is 1.46 bits per heavy atom. The zero-order chi connectivity index (χ0) is 26.6. The number of esters is 1. The van der Waals surface area contributed by atoms with E-state index in [4.69, 9.17) is 32.7 Å². The van der Waals surface area contributed by atoms with E-state index in [1.807, 2.05) is 6.07 Å². The third-order valence-electron chi connectivity index (χ3n) is 4.77. The molecule has 0 bridgehead atoms. The maximum absolute atomic E-state index is 12.1. The molecule has 37 heavy (non-hydrogen) atoms. The number of rotatable bonds is 10. The van der Waals surface area contributed by atoms with Gasteiger partial charge < -0.3 is 14.8 Å². The molecule has 0 unspecified atom stereocenters. The van der Waals surface area contributed by atoms with E-state index in [0.29, 0.717) is 32.8 Å². The maximum Gasteiger partial charge on any atom is 0.306 e. The number of benzene rings is 3. The van der Waals surface area contributed by atoms with Gasteiger partial charge in [0.05, 0.1) is 5.02 Å². The Kier molecular flexibility index (Phi) is 10.3. The van der Waals surface area contributed by atoms with Crippen molar-refractivity contribution in [2.24, 2.45) is 0 Å². The molecule has 0 aromatic heterocycles. The first kappa shape index (κ1) is 27.5. The summed E-state index contributed by atoms with van der Waals surface area (Å²) in [6.07, 6.45) is 0.256. The van der Waals surface area contributed by atoms with Crippen LogP contribution in [0.15, 0.2) is 72.8 Å². The Hall–Kier alpha value is -4.08. The quantitative estimate of drug-likeness (QED) is 0.247. The molecule has 11 heteroatoms. The molecule has 0 radical (unpaired) electrons. The fourth-order valence-corrected chi connectivity index (χ4v) is 3.23. The molecule has 0 aliphatic heterocycles. The molecule has 0 saturated heterocycles. The molecule has 0 atom stereocenters. The number of hydrogen-bond acceptors (Lipinski definition) is 6. The minimum absolute atomic E-state index is 0.0531. The molecule has 3 aromatic rings. The van der Waals surface area contributed by atoms with Crippen LogP contribution in [0.25, 0.3) is 0 Å². The maximum atomic E-state index is 12.1. The lowest BCUT2D eigenvalue weighted by Gasteiger charge is -2.09. The van der Waals surface area contributed by atoms with Crippen molar-refractivity contribution in [3.63, 3.8) is 0 Å². The zero-order valence-electron chi connectivity index (χ0n) is 19.5. The van der Waals surface area contributed by atoms with Crippen molar-refractivity contribution in [3.05, 3.63) is 88.4 Å².